The molecule has 0 aliphatic carbocycles. The van der Waals surface area contributed by atoms with Crippen molar-refractivity contribution < 1.29 is 14.7 Å². The topological polar surface area (TPSA) is 66.5 Å². The number of aromatic hydroxyl groups is 2. The van der Waals surface area contributed by atoms with Crippen molar-refractivity contribution in [2.75, 3.05) is 0 Å². The Labute approximate surface area is 52.9 Å². The Kier molecular flexibility index (Phi) is 1.13. The minimum absolute atomic E-state index is 0.0810. The van der Waals surface area contributed by atoms with Gasteiger partial charge in [-0.1, -0.05) is 0 Å². The summed E-state index contributed by atoms with van der Waals surface area (Å²) in [5, 5.41) is 20.0. The standard InChI is InChI=1S/C3H2BrNO3/c4-1-2(6)5-8-3(1)7/h7H,(H,5,6). The Hall–Kier alpha value is -0.710. The van der Waals surface area contributed by atoms with Gasteiger partial charge in [0.1, 0.15) is 0 Å². The van der Waals surface area contributed by atoms with Crippen LogP contribution >= 0.6 is 15.9 Å². The van der Waals surface area contributed by atoms with Crippen molar-refractivity contribution in [2.24, 2.45) is 0 Å². The van der Waals surface area contributed by atoms with Gasteiger partial charge in [-0.05, 0) is 21.1 Å². The Morgan fingerprint density at radius 2 is 2.12 bits per heavy atom. The Morgan fingerprint density at radius 1 is 1.50 bits per heavy atom. The van der Waals surface area contributed by atoms with Gasteiger partial charge in [0.25, 0.3) is 5.88 Å². The molecule has 0 fully saturated rings. The fraction of sp³-hybridized carbons (Fsp3) is 0. The molecule has 0 atom stereocenters. The lowest BCUT2D eigenvalue weighted by atomic mass is 10.7. The van der Waals surface area contributed by atoms with E-state index in [2.05, 4.69) is 25.6 Å². The molecule has 4 nitrogen and oxygen atoms in total. The molecule has 0 radical (unpaired) electrons. The summed E-state index contributed by atoms with van der Waals surface area (Å²) in [6.07, 6.45) is 0. The number of halogens is 1. The highest BCUT2D eigenvalue weighted by molar-refractivity contribution is 9.10. The molecule has 0 aliphatic rings. The third kappa shape index (κ3) is 0.645. The van der Waals surface area contributed by atoms with Gasteiger partial charge in [0.05, 0.1) is 0 Å². The van der Waals surface area contributed by atoms with Crippen molar-refractivity contribution in [3.8, 4) is 11.8 Å². The van der Waals surface area contributed by atoms with Crippen molar-refractivity contribution in [2.45, 2.75) is 0 Å². The van der Waals surface area contributed by atoms with Gasteiger partial charge in [0.2, 0.25) is 0 Å². The first-order valence-corrected chi connectivity index (χ1v) is 2.54. The minimum atomic E-state index is -0.414. The molecule has 44 valence electrons. The summed E-state index contributed by atoms with van der Waals surface area (Å²) in [6.45, 7) is 0. The van der Waals surface area contributed by atoms with Crippen molar-refractivity contribution in [3.05, 3.63) is 4.47 Å². The van der Waals surface area contributed by atoms with E-state index in [1.165, 1.54) is 0 Å². The molecule has 1 aromatic heterocycles. The molecule has 1 heterocycles. The van der Waals surface area contributed by atoms with E-state index in [9.17, 15) is 0 Å². The molecule has 2 N–H and O–H groups in total. The van der Waals surface area contributed by atoms with Gasteiger partial charge in [-0.3, -0.25) is 0 Å². The Balaban J connectivity index is 3.19. The van der Waals surface area contributed by atoms with Gasteiger partial charge in [0, 0.05) is 0 Å². The van der Waals surface area contributed by atoms with Crippen LogP contribution in [0.25, 0.3) is 0 Å². The molecule has 8 heavy (non-hydrogen) atoms. The molecule has 0 amide bonds. The maximum absolute atomic E-state index is 8.53. The highest BCUT2D eigenvalue weighted by Crippen LogP contribution is 2.31. The average molecular weight is 180 g/mol. The lowest BCUT2D eigenvalue weighted by molar-refractivity contribution is 0.267. The van der Waals surface area contributed by atoms with Crippen LogP contribution in [0.15, 0.2) is 9.00 Å². The second-order valence-electron chi connectivity index (χ2n) is 1.13. The Morgan fingerprint density at radius 3 is 2.25 bits per heavy atom. The molecule has 0 aromatic carbocycles. The third-order valence-electron chi connectivity index (χ3n) is 0.603. The van der Waals surface area contributed by atoms with E-state index in [0.717, 1.165) is 0 Å². The number of aromatic nitrogens is 1. The van der Waals surface area contributed by atoms with Crippen molar-refractivity contribution in [1.29, 1.82) is 0 Å². The maximum atomic E-state index is 8.53. The van der Waals surface area contributed by atoms with Gasteiger partial charge in [-0.2, -0.15) is 0 Å². The summed E-state index contributed by atoms with van der Waals surface area (Å²) >= 11 is 2.79. The first-order chi connectivity index (χ1) is 3.72. The van der Waals surface area contributed by atoms with Crippen LogP contribution in [0.2, 0.25) is 0 Å². The minimum Gasteiger partial charge on any atom is -0.490 e. The van der Waals surface area contributed by atoms with E-state index in [1.807, 2.05) is 0 Å². The summed E-state index contributed by atoms with van der Waals surface area (Å²) < 4.78 is 4.18. The molecule has 1 rings (SSSR count). The molecule has 5 heteroatoms. The summed E-state index contributed by atoms with van der Waals surface area (Å²) in [7, 11) is 0. The van der Waals surface area contributed by atoms with Crippen LogP contribution in [-0.4, -0.2) is 15.4 Å². The predicted octanol–water partition coefficient (Wildman–Crippen LogP) is 0.848. The third-order valence-corrected chi connectivity index (χ3v) is 1.30. The number of rotatable bonds is 0. The second kappa shape index (κ2) is 1.66. The highest BCUT2D eigenvalue weighted by Gasteiger charge is 2.08. The van der Waals surface area contributed by atoms with Gasteiger partial charge < -0.3 is 14.7 Å². The number of nitrogens with zero attached hydrogens (tertiary/aromatic N) is 1. The summed E-state index contributed by atoms with van der Waals surface area (Å²) in [4.78, 5) is 0. The molecule has 0 aliphatic heterocycles. The maximum Gasteiger partial charge on any atom is 0.327 e. The zero-order valence-electron chi connectivity index (χ0n) is 3.63. The van der Waals surface area contributed by atoms with E-state index in [0.29, 0.717) is 0 Å². The lowest BCUT2D eigenvalue weighted by Crippen LogP contribution is -1.57. The fourth-order valence-electron chi connectivity index (χ4n) is 0.262. The van der Waals surface area contributed by atoms with Gasteiger partial charge in [-0.25, -0.2) is 0 Å². The largest absolute Gasteiger partial charge is 0.490 e. The molecule has 0 unspecified atom stereocenters. The monoisotopic (exact) mass is 179 g/mol. The predicted molar refractivity (Wildman–Crippen MR) is 27.5 cm³/mol. The summed E-state index contributed by atoms with van der Waals surface area (Å²) in [6, 6.07) is 0. The highest BCUT2D eigenvalue weighted by atomic mass is 79.9. The van der Waals surface area contributed by atoms with Gasteiger partial charge in [-0.15, -0.1) is 0 Å². The normalized spacial score (nSPS) is 9.62. The van der Waals surface area contributed by atoms with Crippen molar-refractivity contribution in [3.63, 3.8) is 0 Å². The SMILES string of the molecule is Oc1noc(O)c1Br. The van der Waals surface area contributed by atoms with Gasteiger partial charge >= 0.3 is 5.95 Å². The van der Waals surface area contributed by atoms with E-state index < -0.39 is 5.95 Å². The molecule has 0 saturated heterocycles. The number of hydrogen-bond donors (Lipinski definition) is 2. The van der Waals surface area contributed by atoms with Crippen LogP contribution in [0, 0.1) is 0 Å². The molecule has 0 spiro atoms. The van der Waals surface area contributed by atoms with Crippen molar-refractivity contribution in [1.82, 2.24) is 5.16 Å². The molecular weight excluding hydrogens is 178 g/mol. The second-order valence-corrected chi connectivity index (χ2v) is 1.92. The first-order valence-electron chi connectivity index (χ1n) is 1.75. The summed E-state index contributed by atoms with van der Waals surface area (Å²) in [5.74, 6) is -0.759. The number of hydrogen-bond acceptors (Lipinski definition) is 4. The lowest BCUT2D eigenvalue weighted by Gasteiger charge is -1.76. The zero-order valence-corrected chi connectivity index (χ0v) is 5.21. The molecule has 1 aromatic rings. The van der Waals surface area contributed by atoms with Crippen LogP contribution in [0.4, 0.5) is 0 Å². The van der Waals surface area contributed by atoms with E-state index in [4.69, 9.17) is 10.2 Å². The van der Waals surface area contributed by atoms with E-state index in [1.54, 1.807) is 0 Å². The average Bonchev–Trinajstić information content (AvgIpc) is 1.98. The van der Waals surface area contributed by atoms with Crippen LogP contribution < -0.4 is 0 Å². The van der Waals surface area contributed by atoms with Crippen LogP contribution in [0.3, 0.4) is 0 Å². The molecular formula is C3H2BrNO3. The quantitative estimate of drug-likeness (QED) is 0.620. The molecule has 0 saturated carbocycles. The fourth-order valence-corrected chi connectivity index (χ4v) is 0.407. The smallest absolute Gasteiger partial charge is 0.327 e. The zero-order chi connectivity index (χ0) is 6.15. The van der Waals surface area contributed by atoms with Gasteiger partial charge in [0.15, 0.2) is 4.47 Å². The van der Waals surface area contributed by atoms with E-state index >= 15 is 0 Å². The van der Waals surface area contributed by atoms with Crippen molar-refractivity contribution >= 4 is 15.9 Å². The van der Waals surface area contributed by atoms with Crippen LogP contribution in [0.1, 0.15) is 0 Å². The van der Waals surface area contributed by atoms with E-state index in [-0.39, 0.29) is 10.4 Å². The molecule has 0 bridgehead atoms. The van der Waals surface area contributed by atoms with Crippen LogP contribution in [-0.2, 0) is 0 Å². The summed E-state index contributed by atoms with van der Waals surface area (Å²) in [5.41, 5.74) is 0. The van der Waals surface area contributed by atoms with Crippen LogP contribution in [0.5, 0.6) is 11.8 Å². The Bertz CT molecular complexity index is 177. The first kappa shape index (κ1) is 5.43.